The lowest BCUT2D eigenvalue weighted by atomic mass is 9.87. The first-order chi connectivity index (χ1) is 22.1. The minimum Gasteiger partial charge on any atom is -0.460 e. The Labute approximate surface area is 261 Å². The number of aliphatic hydroxyl groups is 2. The summed E-state index contributed by atoms with van der Waals surface area (Å²) < 4.78 is 45.1. The summed E-state index contributed by atoms with van der Waals surface area (Å²) in [7, 11) is 0. The molecule has 46 heavy (non-hydrogen) atoms. The van der Waals surface area contributed by atoms with Gasteiger partial charge in [0.1, 0.15) is 12.4 Å². The fraction of sp³-hybridized carbons (Fsp3) is 0.375. The van der Waals surface area contributed by atoms with E-state index in [-0.39, 0.29) is 31.3 Å². The average Bonchev–Trinajstić information content (AvgIpc) is 3.64. The molecule has 0 radical (unpaired) electrons. The van der Waals surface area contributed by atoms with Gasteiger partial charge in [0.2, 0.25) is 19.2 Å². The molecule has 0 aromatic heterocycles. The molecule has 1 fully saturated rings. The molecule has 2 N–H and O–H groups in total. The molecule has 0 amide bonds. The first-order valence-electron chi connectivity index (χ1n) is 14.3. The van der Waals surface area contributed by atoms with Crippen molar-refractivity contribution in [1.82, 2.24) is 0 Å². The fourth-order valence-corrected chi connectivity index (χ4v) is 5.93. The maximum atomic E-state index is 13.4. The van der Waals surface area contributed by atoms with E-state index in [0.717, 1.165) is 13.8 Å². The Morgan fingerprint density at radius 2 is 1.46 bits per heavy atom. The minimum absolute atomic E-state index is 0.0402. The lowest BCUT2D eigenvalue weighted by Crippen LogP contribution is -2.59. The second kappa shape index (κ2) is 12.5. The van der Waals surface area contributed by atoms with Gasteiger partial charge in [0.05, 0.1) is 25.4 Å². The molecule has 4 atom stereocenters. The van der Waals surface area contributed by atoms with Crippen LogP contribution in [0.5, 0.6) is 17.2 Å². The molecule has 3 aromatic rings. The third-order valence-electron chi connectivity index (χ3n) is 7.77. The summed E-state index contributed by atoms with van der Waals surface area (Å²) in [6.07, 6.45) is -5.26. The van der Waals surface area contributed by atoms with E-state index in [1.807, 2.05) is 0 Å². The van der Waals surface area contributed by atoms with E-state index in [1.165, 1.54) is 6.92 Å². The zero-order valence-electron chi connectivity index (χ0n) is 25.0. The molecule has 0 bridgehead atoms. The molecule has 3 heterocycles. The molecular weight excluding hydrogens is 608 g/mol. The van der Waals surface area contributed by atoms with Crippen LogP contribution in [-0.2, 0) is 57.9 Å². The van der Waals surface area contributed by atoms with Crippen molar-refractivity contribution in [2.45, 2.75) is 65.2 Å². The van der Waals surface area contributed by atoms with Gasteiger partial charge >= 0.3 is 23.9 Å². The van der Waals surface area contributed by atoms with Crippen LogP contribution >= 0.6 is 0 Å². The summed E-state index contributed by atoms with van der Waals surface area (Å²) >= 11 is 0. The molecule has 6 rings (SSSR count). The second-order valence-corrected chi connectivity index (χ2v) is 10.8. The number of fused-ring (bicyclic) bond motifs is 3. The number of hydrogen-bond donors (Lipinski definition) is 2. The molecule has 0 spiro atoms. The van der Waals surface area contributed by atoms with Crippen LogP contribution in [0.3, 0.4) is 0 Å². The van der Waals surface area contributed by atoms with E-state index in [9.17, 15) is 29.4 Å². The van der Waals surface area contributed by atoms with Gasteiger partial charge in [-0.15, -0.1) is 0 Å². The molecule has 3 aliphatic heterocycles. The van der Waals surface area contributed by atoms with Crippen LogP contribution in [0, 0.1) is 0 Å². The van der Waals surface area contributed by atoms with E-state index < -0.39 is 61.7 Å². The summed E-state index contributed by atoms with van der Waals surface area (Å²) in [6.45, 7) is 2.18. The fourth-order valence-electron chi connectivity index (χ4n) is 5.93. The highest BCUT2D eigenvalue weighted by Gasteiger charge is 2.49. The van der Waals surface area contributed by atoms with Crippen molar-refractivity contribution < 1.29 is 67.3 Å². The second-order valence-electron chi connectivity index (χ2n) is 10.8. The van der Waals surface area contributed by atoms with Crippen LogP contribution in [0.15, 0.2) is 30.3 Å². The van der Waals surface area contributed by atoms with Crippen molar-refractivity contribution in [3.63, 3.8) is 0 Å². The van der Waals surface area contributed by atoms with Gasteiger partial charge in [0.25, 0.3) is 0 Å². The van der Waals surface area contributed by atoms with E-state index in [4.69, 9.17) is 37.9 Å². The SMILES string of the molecule is CC(=O)O[C@H]1[C@@H](OC(C)=O)COC(Oc2c3c(c(-c4ccc5c(c4)OCO5)c4cc(CO)c(CO)cc24)C(=O)OC3)[C@@H]1OC(C)=O. The highest BCUT2D eigenvalue weighted by molar-refractivity contribution is 6.13. The molecule has 3 aromatic carbocycles. The zero-order chi connectivity index (χ0) is 32.7. The number of hydrogen-bond acceptors (Lipinski definition) is 14. The molecule has 0 saturated carbocycles. The summed E-state index contributed by atoms with van der Waals surface area (Å²) in [6, 6.07) is 8.45. The van der Waals surface area contributed by atoms with Gasteiger partial charge in [0, 0.05) is 37.3 Å². The maximum absolute atomic E-state index is 13.4. The highest BCUT2D eigenvalue weighted by Crippen LogP contribution is 2.48. The van der Waals surface area contributed by atoms with Crippen LogP contribution in [0.4, 0.5) is 0 Å². The van der Waals surface area contributed by atoms with Crippen molar-refractivity contribution in [2.75, 3.05) is 13.4 Å². The Bertz CT molecular complexity index is 1750. The average molecular weight is 639 g/mol. The molecule has 14 heteroatoms. The van der Waals surface area contributed by atoms with Crippen LogP contribution in [0.1, 0.15) is 47.8 Å². The smallest absolute Gasteiger partial charge is 0.339 e. The number of carbonyl (C=O) groups excluding carboxylic acids is 4. The van der Waals surface area contributed by atoms with Crippen LogP contribution in [0.2, 0.25) is 0 Å². The summed E-state index contributed by atoms with van der Waals surface area (Å²) in [5.41, 5.74) is 2.35. The normalized spacial score (nSPS) is 21.4. The van der Waals surface area contributed by atoms with Crippen molar-refractivity contribution in [1.29, 1.82) is 0 Å². The van der Waals surface area contributed by atoms with E-state index >= 15 is 0 Å². The molecule has 242 valence electrons. The number of rotatable bonds is 8. The van der Waals surface area contributed by atoms with Gasteiger partial charge in [0.15, 0.2) is 23.7 Å². The largest absolute Gasteiger partial charge is 0.460 e. The maximum Gasteiger partial charge on any atom is 0.339 e. The Morgan fingerprint density at radius 1 is 0.804 bits per heavy atom. The molecular formula is C32H30O14. The minimum atomic E-state index is -1.42. The predicted molar refractivity (Wildman–Crippen MR) is 154 cm³/mol. The first-order valence-corrected chi connectivity index (χ1v) is 14.3. The van der Waals surface area contributed by atoms with Gasteiger partial charge in [-0.3, -0.25) is 14.4 Å². The van der Waals surface area contributed by atoms with Crippen molar-refractivity contribution >= 4 is 34.6 Å². The van der Waals surface area contributed by atoms with Crippen molar-refractivity contribution in [3.8, 4) is 28.4 Å². The highest BCUT2D eigenvalue weighted by atomic mass is 16.7. The van der Waals surface area contributed by atoms with Crippen molar-refractivity contribution in [3.05, 3.63) is 52.6 Å². The van der Waals surface area contributed by atoms with Gasteiger partial charge in [-0.05, 0) is 46.3 Å². The van der Waals surface area contributed by atoms with E-state index in [1.54, 1.807) is 30.3 Å². The van der Waals surface area contributed by atoms with Crippen LogP contribution in [-0.4, -0.2) is 72.1 Å². The lowest BCUT2D eigenvalue weighted by molar-refractivity contribution is -0.259. The number of ether oxygens (including phenoxy) is 8. The molecule has 3 aliphatic rings. The number of benzene rings is 3. The number of cyclic esters (lactones) is 1. The number of carbonyl (C=O) groups is 4. The molecule has 0 aliphatic carbocycles. The monoisotopic (exact) mass is 638 g/mol. The lowest BCUT2D eigenvalue weighted by Gasteiger charge is -2.40. The van der Waals surface area contributed by atoms with Gasteiger partial charge in [-0.25, -0.2) is 4.79 Å². The molecule has 1 saturated heterocycles. The standard InChI is InChI=1S/C32H30O14/c1-14(35)43-25-12-40-32(30(45-16(3)37)29(25)44-15(2)36)46-28-21-7-19(10-34)18(9-33)6-20(21)26(27-22(28)11-39-31(27)38)17-4-5-23-24(8-17)42-13-41-23/h4-8,25,29-30,32-34H,9-13H2,1-3H3/t25-,29-,30+,32?/m0/s1. The predicted octanol–water partition coefficient (Wildman–Crippen LogP) is 2.42. The van der Waals surface area contributed by atoms with E-state index in [2.05, 4.69) is 0 Å². The zero-order valence-corrected chi connectivity index (χ0v) is 25.0. The third-order valence-corrected chi connectivity index (χ3v) is 7.77. The summed E-state index contributed by atoms with van der Waals surface area (Å²) in [5.74, 6) is -1.70. The Kier molecular flexibility index (Phi) is 8.42. The molecule has 14 nitrogen and oxygen atoms in total. The van der Waals surface area contributed by atoms with Gasteiger partial charge in [-0.2, -0.15) is 0 Å². The van der Waals surface area contributed by atoms with Crippen LogP contribution < -0.4 is 14.2 Å². The summed E-state index contributed by atoms with van der Waals surface area (Å²) in [5, 5.41) is 21.2. The van der Waals surface area contributed by atoms with E-state index in [0.29, 0.717) is 50.1 Å². The Morgan fingerprint density at radius 3 is 2.13 bits per heavy atom. The van der Waals surface area contributed by atoms with Crippen LogP contribution in [0.25, 0.3) is 21.9 Å². The molecule has 1 unspecified atom stereocenters. The summed E-state index contributed by atoms with van der Waals surface area (Å²) in [4.78, 5) is 49.5. The first kappa shape index (κ1) is 31.1. The van der Waals surface area contributed by atoms with Crippen molar-refractivity contribution in [2.24, 2.45) is 0 Å². The quantitative estimate of drug-likeness (QED) is 0.271. The number of esters is 4. The Balaban J connectivity index is 1.54. The van der Waals surface area contributed by atoms with Gasteiger partial charge < -0.3 is 48.1 Å². The number of aliphatic hydroxyl groups excluding tert-OH is 2. The Hall–Kier alpha value is -4.92. The van der Waals surface area contributed by atoms with Gasteiger partial charge in [-0.1, -0.05) is 6.07 Å². The topological polar surface area (TPSA) is 183 Å². The third kappa shape index (κ3) is 5.66.